The molecule has 4 nitrogen and oxygen atoms in total. The van der Waals surface area contributed by atoms with Crippen molar-refractivity contribution in [1.29, 1.82) is 0 Å². The Morgan fingerprint density at radius 1 is 1.04 bits per heavy atom. The number of ketones is 1. The van der Waals surface area contributed by atoms with Gasteiger partial charge in [0, 0.05) is 6.42 Å². The van der Waals surface area contributed by atoms with Gasteiger partial charge in [0.25, 0.3) is 0 Å². The number of hydrogen-bond acceptors (Lipinski definition) is 4. The number of benzene rings is 1. The third-order valence-electron chi connectivity index (χ3n) is 4.55. The molecule has 5 heteroatoms. The summed E-state index contributed by atoms with van der Waals surface area (Å²) in [5, 5.41) is 0. The van der Waals surface area contributed by atoms with Crippen LogP contribution in [0.1, 0.15) is 37.3 Å². The summed E-state index contributed by atoms with van der Waals surface area (Å²) < 4.78 is 3.47. The number of alkyl halides is 1. The van der Waals surface area contributed by atoms with Crippen molar-refractivity contribution < 1.29 is 26.3 Å². The van der Waals surface area contributed by atoms with Gasteiger partial charge in [-0.1, -0.05) is 0 Å². The van der Waals surface area contributed by atoms with Crippen molar-refractivity contribution in [3.63, 3.8) is 0 Å². The second-order valence-electron chi connectivity index (χ2n) is 6.59. The Balaban J connectivity index is 1.64. The molecule has 1 aromatic carbocycles. The Kier molecular flexibility index (Phi) is 9.23. The number of halogens is 1. The van der Waals surface area contributed by atoms with Crippen molar-refractivity contribution in [1.82, 2.24) is 13.3 Å². The molecule has 0 aliphatic carbocycles. The first-order chi connectivity index (χ1) is 11.7. The fraction of sp³-hybridized carbons (Fsp3) is 0.632. The van der Waals surface area contributed by atoms with Crippen molar-refractivity contribution in [3.05, 3.63) is 35.4 Å². The fourth-order valence-electron chi connectivity index (χ4n) is 3.05. The minimum absolute atomic E-state index is 0.165. The van der Waals surface area contributed by atoms with Crippen LogP contribution in [0, 0.1) is 0 Å². The monoisotopic (exact) mass is 444 g/mol. The van der Waals surface area contributed by atoms with E-state index in [1.54, 1.807) is 6.92 Å². The van der Waals surface area contributed by atoms with Crippen molar-refractivity contribution >= 4 is 5.78 Å². The summed E-state index contributed by atoms with van der Waals surface area (Å²) in [4.78, 5) is 18.3. The van der Waals surface area contributed by atoms with Gasteiger partial charge < -0.3 is 4.79 Å². The molecule has 136 valence electrons. The van der Waals surface area contributed by atoms with Crippen LogP contribution in [0.2, 0.25) is 0 Å². The summed E-state index contributed by atoms with van der Waals surface area (Å²) in [6.07, 6.45) is 2.93. The Morgan fingerprint density at radius 2 is 1.67 bits per heavy atom. The van der Waals surface area contributed by atoms with E-state index in [2.05, 4.69) is 42.5 Å². The molecule has 0 saturated carbocycles. The molecule has 1 aromatic rings. The fourth-order valence-corrected chi connectivity index (χ4v) is 3.87. The van der Waals surface area contributed by atoms with E-state index in [9.17, 15) is 4.79 Å². The van der Waals surface area contributed by atoms with E-state index >= 15 is 0 Å². The van der Waals surface area contributed by atoms with Crippen LogP contribution >= 0.6 is 0 Å². The predicted molar refractivity (Wildman–Crippen MR) is 95.5 cm³/mol. The van der Waals surface area contributed by atoms with E-state index in [0.29, 0.717) is 5.78 Å². The Bertz CT molecular complexity index is 484. The van der Waals surface area contributed by atoms with Crippen LogP contribution in [0.15, 0.2) is 24.3 Å². The van der Waals surface area contributed by atoms with Crippen LogP contribution in [0.3, 0.4) is 0 Å². The second-order valence-corrected chi connectivity index (χ2v) is 8.43. The van der Waals surface area contributed by atoms with Crippen molar-refractivity contribution in [2.45, 2.75) is 39.3 Å². The molecule has 1 aliphatic heterocycles. The van der Waals surface area contributed by atoms with Crippen LogP contribution < -0.4 is 25.0 Å². The number of carbonyl (C=O) groups excluding carboxylic acids is 1. The summed E-state index contributed by atoms with van der Waals surface area (Å²) >= 11 is 0.165. The molecule has 0 radical (unpaired) electrons. The molecule has 1 saturated heterocycles. The van der Waals surface area contributed by atoms with E-state index in [1.165, 1.54) is 11.1 Å². The summed E-state index contributed by atoms with van der Waals surface area (Å²) in [6.45, 7) is 9.51. The standard InChI is InChI=1S/C19H31IN3O/c1-17(24)5-3-4-10-22-11-13-23(14-12-22)16-19-8-6-18(7-9-19)15-21-20-2/h6-9,21H,3-5,10-16H2,1-2H3/q-1. The van der Waals surface area contributed by atoms with Gasteiger partial charge in [-0.15, -0.1) is 0 Å². The number of unbranched alkanes of at least 4 members (excludes halogenated alkanes) is 1. The zero-order chi connectivity index (χ0) is 17.2. The van der Waals surface area contributed by atoms with E-state index in [4.69, 9.17) is 0 Å². The quantitative estimate of drug-likeness (QED) is 0.224. The maximum absolute atomic E-state index is 11.0. The normalized spacial score (nSPS) is 16.6. The number of hydrogen-bond donors (Lipinski definition) is 1. The van der Waals surface area contributed by atoms with E-state index in [1.807, 2.05) is 0 Å². The van der Waals surface area contributed by atoms with Crippen molar-refractivity contribution in [3.8, 4) is 0 Å². The van der Waals surface area contributed by atoms with Gasteiger partial charge in [-0.2, -0.15) is 0 Å². The van der Waals surface area contributed by atoms with Crippen LogP contribution in [-0.4, -0.2) is 53.2 Å². The molecule has 0 aromatic heterocycles. The molecule has 1 aliphatic rings. The molecular weight excluding hydrogens is 413 g/mol. The molecule has 1 fully saturated rings. The van der Waals surface area contributed by atoms with Crippen molar-refractivity contribution in [2.24, 2.45) is 0 Å². The molecule has 0 atom stereocenters. The molecule has 0 unspecified atom stereocenters. The van der Waals surface area contributed by atoms with E-state index in [-0.39, 0.29) is 21.5 Å². The van der Waals surface area contributed by atoms with Gasteiger partial charge in [-0.3, -0.25) is 0 Å². The van der Waals surface area contributed by atoms with Gasteiger partial charge in [0.05, 0.1) is 0 Å². The first-order valence-electron chi connectivity index (χ1n) is 8.90. The predicted octanol–water partition coefficient (Wildman–Crippen LogP) is -0.713. The van der Waals surface area contributed by atoms with Crippen LogP contribution in [0.5, 0.6) is 0 Å². The van der Waals surface area contributed by atoms with Crippen LogP contribution in [-0.2, 0) is 17.9 Å². The summed E-state index contributed by atoms with van der Waals surface area (Å²) in [7, 11) is 0. The van der Waals surface area contributed by atoms with Crippen LogP contribution in [0.25, 0.3) is 0 Å². The number of nitrogens with one attached hydrogen (secondary N) is 1. The second kappa shape index (κ2) is 11.2. The van der Waals surface area contributed by atoms with Gasteiger partial charge in [0.2, 0.25) is 0 Å². The summed E-state index contributed by atoms with van der Waals surface area (Å²) in [5.41, 5.74) is 2.80. The Labute approximate surface area is 157 Å². The summed E-state index contributed by atoms with van der Waals surface area (Å²) in [6, 6.07) is 9.07. The Morgan fingerprint density at radius 3 is 2.29 bits per heavy atom. The zero-order valence-electron chi connectivity index (χ0n) is 15.1. The minimum atomic E-state index is 0.165. The molecule has 0 amide bonds. The zero-order valence-corrected chi connectivity index (χ0v) is 17.2. The number of Topliss-reactive ketones (excluding diaryl/α,β-unsaturated/α-hetero) is 1. The van der Waals surface area contributed by atoms with E-state index < -0.39 is 0 Å². The molecule has 24 heavy (non-hydrogen) atoms. The Hall–Kier alpha value is -0.500. The van der Waals surface area contributed by atoms with Gasteiger partial charge in [0.15, 0.2) is 0 Å². The van der Waals surface area contributed by atoms with Crippen LogP contribution in [0.4, 0.5) is 0 Å². The molecule has 2 rings (SSSR count). The van der Waals surface area contributed by atoms with Gasteiger partial charge in [-0.05, 0) is 19.8 Å². The molecule has 0 bridgehead atoms. The third kappa shape index (κ3) is 7.59. The number of carbonyl (C=O) groups is 1. The summed E-state index contributed by atoms with van der Waals surface area (Å²) in [5.74, 6) is 0.318. The number of rotatable bonds is 10. The molecule has 0 spiro atoms. The van der Waals surface area contributed by atoms with Gasteiger partial charge in [0.1, 0.15) is 5.78 Å². The van der Waals surface area contributed by atoms with Crippen molar-refractivity contribution in [2.75, 3.05) is 37.7 Å². The topological polar surface area (TPSA) is 35.6 Å². The SMILES string of the molecule is C[I-]NCc1ccc(CN2CCN(CCCCC(C)=O)CC2)cc1. The first-order valence-corrected chi connectivity index (χ1v) is 12.1. The van der Waals surface area contributed by atoms with Gasteiger partial charge >= 0.3 is 121 Å². The average Bonchev–Trinajstić information content (AvgIpc) is 2.59. The average molecular weight is 444 g/mol. The first kappa shape index (κ1) is 19.8. The molecular formula is C19H31IN3O-. The number of nitrogens with zero attached hydrogens (tertiary/aromatic N) is 2. The number of piperazine rings is 1. The molecule has 1 N–H and O–H groups in total. The third-order valence-corrected chi connectivity index (χ3v) is 5.70. The maximum atomic E-state index is 11.0. The van der Waals surface area contributed by atoms with Gasteiger partial charge in [-0.25, -0.2) is 0 Å². The van der Waals surface area contributed by atoms with E-state index in [0.717, 1.165) is 65.1 Å². The molecule has 1 heterocycles.